The summed E-state index contributed by atoms with van der Waals surface area (Å²) in [5.74, 6) is -0.273. The molecule has 166 valence electrons. The van der Waals surface area contributed by atoms with Gasteiger partial charge in [0.05, 0.1) is 11.1 Å². The van der Waals surface area contributed by atoms with Crippen LogP contribution in [0.4, 0.5) is 0 Å². The van der Waals surface area contributed by atoms with Gasteiger partial charge < -0.3 is 18.9 Å². The van der Waals surface area contributed by atoms with Gasteiger partial charge in [-0.05, 0) is 72.8 Å². The minimum atomic E-state index is -0.597. The smallest absolute Gasteiger partial charge is 0.343 e. The number of carbonyl (C=O) groups is 3. The fraction of sp³-hybridized carbons (Fsp3) is 0.0385. The molecule has 7 heteroatoms. The predicted octanol–water partition coefficient (Wildman–Crippen LogP) is 4.78. The molecule has 33 heavy (non-hydrogen) atoms. The first-order valence-corrected chi connectivity index (χ1v) is 9.81. The van der Waals surface area contributed by atoms with Crippen LogP contribution in [0.2, 0.25) is 0 Å². The lowest BCUT2D eigenvalue weighted by atomic mass is 10.2. The van der Waals surface area contributed by atoms with Crippen molar-refractivity contribution in [3.63, 3.8) is 0 Å². The number of hydrogen-bond donors (Lipinski definition) is 0. The zero-order valence-corrected chi connectivity index (χ0v) is 17.6. The topological polar surface area (TPSA) is 88.1 Å². The van der Waals surface area contributed by atoms with E-state index >= 15 is 0 Å². The van der Waals surface area contributed by atoms with Crippen LogP contribution in [0.25, 0.3) is 0 Å². The average molecular weight is 444 g/mol. The molecule has 0 aliphatic rings. The maximum absolute atomic E-state index is 12.3. The van der Waals surface area contributed by atoms with Crippen molar-refractivity contribution in [2.24, 2.45) is 0 Å². The zero-order valence-electron chi connectivity index (χ0n) is 17.6. The van der Waals surface area contributed by atoms with E-state index in [2.05, 4.69) is 13.2 Å². The highest BCUT2D eigenvalue weighted by molar-refractivity contribution is 5.92. The van der Waals surface area contributed by atoms with Gasteiger partial charge in [0.25, 0.3) is 0 Å². The van der Waals surface area contributed by atoms with Gasteiger partial charge in [-0.25, -0.2) is 14.4 Å². The van der Waals surface area contributed by atoms with E-state index in [0.717, 1.165) is 6.08 Å². The molecule has 0 amide bonds. The molecule has 3 aromatic rings. The molecule has 0 radical (unpaired) electrons. The van der Waals surface area contributed by atoms with E-state index in [1.165, 1.54) is 48.5 Å². The van der Waals surface area contributed by atoms with E-state index in [4.69, 9.17) is 18.9 Å². The Labute approximate surface area is 190 Å². The van der Waals surface area contributed by atoms with Crippen molar-refractivity contribution in [3.05, 3.63) is 109 Å². The summed E-state index contributed by atoms with van der Waals surface area (Å²) in [5, 5.41) is 0. The Morgan fingerprint density at radius 2 is 1.00 bits per heavy atom. The standard InChI is InChI=1S/C26H20O7/c1-3-17-30-20-9-5-18(6-10-20)25(28)32-22-13-15-23(16-14-22)33-26(29)19-7-11-21(12-8-19)31-24(27)4-2/h3-16H,1-2,17H2. The maximum atomic E-state index is 12.3. The van der Waals surface area contributed by atoms with Crippen molar-refractivity contribution in [3.8, 4) is 23.0 Å². The number of carbonyl (C=O) groups excluding carboxylic acids is 3. The third-order valence-corrected chi connectivity index (χ3v) is 4.18. The Hall–Kier alpha value is -4.65. The number of hydrogen-bond acceptors (Lipinski definition) is 7. The molecule has 0 aliphatic carbocycles. The van der Waals surface area contributed by atoms with E-state index in [-0.39, 0.29) is 17.1 Å². The lowest BCUT2D eigenvalue weighted by Crippen LogP contribution is -2.10. The SMILES string of the molecule is C=CCOc1ccc(C(=O)Oc2ccc(OC(=O)c3ccc(OC(=O)C=C)cc3)cc2)cc1. The van der Waals surface area contributed by atoms with Crippen LogP contribution in [0.15, 0.2) is 98.1 Å². The molecule has 0 aromatic heterocycles. The van der Waals surface area contributed by atoms with Crippen molar-refractivity contribution in [2.75, 3.05) is 6.61 Å². The Morgan fingerprint density at radius 1 is 0.606 bits per heavy atom. The van der Waals surface area contributed by atoms with Crippen LogP contribution in [-0.4, -0.2) is 24.5 Å². The van der Waals surface area contributed by atoms with Crippen molar-refractivity contribution in [1.82, 2.24) is 0 Å². The molecule has 0 aliphatic heterocycles. The predicted molar refractivity (Wildman–Crippen MR) is 121 cm³/mol. The molecule has 3 rings (SSSR count). The largest absolute Gasteiger partial charge is 0.490 e. The third-order valence-electron chi connectivity index (χ3n) is 4.18. The Balaban J connectivity index is 1.55. The molecule has 0 unspecified atom stereocenters. The summed E-state index contributed by atoms with van der Waals surface area (Å²) in [6, 6.07) is 18.4. The lowest BCUT2D eigenvalue weighted by molar-refractivity contribution is -0.128. The van der Waals surface area contributed by atoms with Gasteiger partial charge in [-0.15, -0.1) is 0 Å². The summed E-state index contributed by atoms with van der Waals surface area (Å²) >= 11 is 0. The lowest BCUT2D eigenvalue weighted by Gasteiger charge is -2.08. The second kappa shape index (κ2) is 11.1. The Morgan fingerprint density at radius 3 is 1.42 bits per heavy atom. The van der Waals surface area contributed by atoms with Crippen molar-refractivity contribution < 1.29 is 33.3 Å². The number of ether oxygens (including phenoxy) is 4. The summed E-state index contributed by atoms with van der Waals surface area (Å²) in [6.07, 6.45) is 2.67. The van der Waals surface area contributed by atoms with Crippen LogP contribution < -0.4 is 18.9 Å². The van der Waals surface area contributed by atoms with Crippen LogP contribution in [0.3, 0.4) is 0 Å². The number of rotatable bonds is 9. The second-order valence-electron chi connectivity index (χ2n) is 6.52. The fourth-order valence-corrected chi connectivity index (χ4v) is 2.57. The molecule has 0 N–H and O–H groups in total. The van der Waals surface area contributed by atoms with Crippen molar-refractivity contribution in [1.29, 1.82) is 0 Å². The molecular formula is C26H20O7. The van der Waals surface area contributed by atoms with Gasteiger partial charge in [-0.3, -0.25) is 0 Å². The molecule has 0 saturated heterocycles. The highest BCUT2D eigenvalue weighted by atomic mass is 16.5. The van der Waals surface area contributed by atoms with E-state index in [1.807, 2.05) is 0 Å². The molecule has 0 bridgehead atoms. The van der Waals surface area contributed by atoms with Crippen LogP contribution >= 0.6 is 0 Å². The first-order valence-electron chi connectivity index (χ1n) is 9.81. The molecule has 7 nitrogen and oxygen atoms in total. The summed E-state index contributed by atoms with van der Waals surface area (Å²) in [4.78, 5) is 35.8. The monoisotopic (exact) mass is 444 g/mol. The number of benzene rings is 3. The summed E-state index contributed by atoms with van der Waals surface area (Å²) < 4.78 is 21.0. The van der Waals surface area contributed by atoms with Gasteiger partial charge in [0, 0.05) is 6.08 Å². The number of esters is 3. The van der Waals surface area contributed by atoms with Crippen LogP contribution in [-0.2, 0) is 4.79 Å². The fourth-order valence-electron chi connectivity index (χ4n) is 2.57. The summed E-state index contributed by atoms with van der Waals surface area (Å²) in [7, 11) is 0. The summed E-state index contributed by atoms with van der Waals surface area (Å²) in [6.45, 7) is 7.26. The van der Waals surface area contributed by atoms with Gasteiger partial charge in [-0.1, -0.05) is 19.2 Å². The second-order valence-corrected chi connectivity index (χ2v) is 6.52. The molecule has 0 spiro atoms. The van der Waals surface area contributed by atoms with E-state index in [1.54, 1.807) is 30.3 Å². The van der Waals surface area contributed by atoms with Gasteiger partial charge >= 0.3 is 17.9 Å². The van der Waals surface area contributed by atoms with E-state index < -0.39 is 17.9 Å². The first kappa shape index (κ1) is 23.0. The van der Waals surface area contributed by atoms with Gasteiger partial charge in [0.1, 0.15) is 29.6 Å². The van der Waals surface area contributed by atoms with E-state index in [9.17, 15) is 14.4 Å². The van der Waals surface area contributed by atoms with Gasteiger partial charge in [0.15, 0.2) is 0 Å². The minimum Gasteiger partial charge on any atom is -0.490 e. The minimum absolute atomic E-state index is 0.268. The molecule has 0 fully saturated rings. The van der Waals surface area contributed by atoms with Gasteiger partial charge in [-0.2, -0.15) is 0 Å². The highest BCUT2D eigenvalue weighted by Crippen LogP contribution is 2.21. The molecule has 3 aromatic carbocycles. The quantitative estimate of drug-likeness (QED) is 0.203. The Kier molecular flexibility index (Phi) is 7.75. The molecule has 0 saturated carbocycles. The van der Waals surface area contributed by atoms with Crippen LogP contribution in [0.5, 0.6) is 23.0 Å². The Bertz CT molecular complexity index is 1140. The third kappa shape index (κ3) is 6.67. The first-order chi connectivity index (χ1) is 16.0. The zero-order chi connectivity index (χ0) is 23.6. The average Bonchev–Trinajstić information content (AvgIpc) is 2.84. The van der Waals surface area contributed by atoms with Crippen molar-refractivity contribution >= 4 is 17.9 Å². The van der Waals surface area contributed by atoms with Crippen LogP contribution in [0, 0.1) is 0 Å². The highest BCUT2D eigenvalue weighted by Gasteiger charge is 2.12. The summed E-state index contributed by atoms with van der Waals surface area (Å²) in [5.41, 5.74) is 0.628. The van der Waals surface area contributed by atoms with Gasteiger partial charge in [0.2, 0.25) is 0 Å². The van der Waals surface area contributed by atoms with Crippen molar-refractivity contribution in [2.45, 2.75) is 0 Å². The van der Waals surface area contributed by atoms with Crippen LogP contribution in [0.1, 0.15) is 20.7 Å². The van der Waals surface area contributed by atoms with E-state index in [0.29, 0.717) is 23.7 Å². The molecular weight excluding hydrogens is 424 g/mol. The normalized spacial score (nSPS) is 9.94. The maximum Gasteiger partial charge on any atom is 0.343 e. The molecule has 0 atom stereocenters. The molecule has 0 heterocycles.